The van der Waals surface area contributed by atoms with E-state index >= 15 is 0 Å². The number of ether oxygens (including phenoxy) is 1. The highest BCUT2D eigenvalue weighted by atomic mass is 35.5. The molecule has 0 saturated heterocycles. The number of hydrogen-bond donors (Lipinski definition) is 1. The first kappa shape index (κ1) is 13.4. The Morgan fingerprint density at radius 2 is 1.89 bits per heavy atom. The monoisotopic (exact) mass is 279 g/mol. The molecule has 2 N–H and O–H groups in total. The second-order valence-corrected chi connectivity index (χ2v) is 4.16. The summed E-state index contributed by atoms with van der Waals surface area (Å²) in [6.07, 6.45) is 0. The molecule has 0 aliphatic rings. The Labute approximate surface area is 114 Å². The number of nitrogens with two attached hydrogens (primary N) is 1. The molecule has 0 bridgehead atoms. The van der Waals surface area contributed by atoms with Crippen LogP contribution in [0.2, 0.25) is 0 Å². The van der Waals surface area contributed by atoms with E-state index in [1.165, 1.54) is 12.1 Å². The van der Waals surface area contributed by atoms with E-state index in [9.17, 15) is 9.18 Å². The first-order valence-corrected chi connectivity index (χ1v) is 6.05. The smallest absolute Gasteiger partial charge is 0.248 e. The van der Waals surface area contributed by atoms with Gasteiger partial charge >= 0.3 is 0 Å². The quantitative estimate of drug-likeness (QED) is 0.872. The van der Waals surface area contributed by atoms with Crippen molar-refractivity contribution in [3.05, 3.63) is 59.4 Å². The third-order valence-corrected chi connectivity index (χ3v) is 2.83. The van der Waals surface area contributed by atoms with E-state index in [-0.39, 0.29) is 11.3 Å². The molecule has 2 aromatic rings. The minimum Gasteiger partial charge on any atom is -0.454 e. The molecule has 0 aromatic heterocycles. The van der Waals surface area contributed by atoms with Crippen LogP contribution in [0.4, 0.5) is 4.39 Å². The maximum Gasteiger partial charge on any atom is 0.248 e. The number of halogens is 2. The van der Waals surface area contributed by atoms with Crippen LogP contribution in [-0.2, 0) is 5.88 Å². The molecule has 0 saturated carbocycles. The van der Waals surface area contributed by atoms with Gasteiger partial charge in [-0.2, -0.15) is 0 Å². The maximum absolute atomic E-state index is 13.7. The van der Waals surface area contributed by atoms with Crippen LogP contribution in [0.3, 0.4) is 0 Å². The number of alkyl halides is 1. The van der Waals surface area contributed by atoms with Gasteiger partial charge in [0.1, 0.15) is 5.75 Å². The van der Waals surface area contributed by atoms with Gasteiger partial charge in [-0.1, -0.05) is 12.1 Å². The third-order valence-electron chi connectivity index (χ3n) is 2.52. The summed E-state index contributed by atoms with van der Waals surface area (Å²) in [5.41, 5.74) is 6.10. The Balaban J connectivity index is 2.20. The van der Waals surface area contributed by atoms with E-state index in [4.69, 9.17) is 22.1 Å². The normalized spacial score (nSPS) is 10.2. The number of carbonyl (C=O) groups excluding carboxylic acids is 1. The molecule has 2 aromatic carbocycles. The summed E-state index contributed by atoms with van der Waals surface area (Å²) in [7, 11) is 0. The lowest BCUT2D eigenvalue weighted by Gasteiger charge is -2.08. The second kappa shape index (κ2) is 5.71. The van der Waals surface area contributed by atoms with Gasteiger partial charge in [0, 0.05) is 11.4 Å². The van der Waals surface area contributed by atoms with Gasteiger partial charge in [-0.15, -0.1) is 11.6 Å². The zero-order valence-electron chi connectivity index (χ0n) is 9.90. The minimum atomic E-state index is -0.683. The zero-order chi connectivity index (χ0) is 13.8. The average molecular weight is 280 g/mol. The van der Waals surface area contributed by atoms with Crippen LogP contribution in [0.1, 0.15) is 15.9 Å². The molecule has 0 radical (unpaired) electrons. The van der Waals surface area contributed by atoms with Crippen LogP contribution < -0.4 is 10.5 Å². The summed E-state index contributed by atoms with van der Waals surface area (Å²) < 4.78 is 19.1. The van der Waals surface area contributed by atoms with E-state index in [0.29, 0.717) is 11.6 Å². The summed E-state index contributed by atoms with van der Waals surface area (Å²) in [5, 5.41) is 0. The summed E-state index contributed by atoms with van der Waals surface area (Å²) in [4.78, 5) is 10.9. The van der Waals surface area contributed by atoms with Crippen molar-refractivity contribution in [2.24, 2.45) is 5.73 Å². The molecule has 3 nitrogen and oxygen atoms in total. The lowest BCUT2D eigenvalue weighted by Crippen LogP contribution is -2.11. The molecule has 0 fully saturated rings. The Hall–Kier alpha value is -2.07. The number of rotatable bonds is 4. The molecule has 1 amide bonds. The molecular weight excluding hydrogens is 269 g/mol. The molecule has 0 aliphatic carbocycles. The van der Waals surface area contributed by atoms with E-state index in [0.717, 1.165) is 11.6 Å². The van der Waals surface area contributed by atoms with Gasteiger partial charge in [0.05, 0.1) is 0 Å². The lowest BCUT2D eigenvalue weighted by atomic mass is 10.2. The van der Waals surface area contributed by atoms with Crippen molar-refractivity contribution in [3.63, 3.8) is 0 Å². The van der Waals surface area contributed by atoms with Crippen LogP contribution >= 0.6 is 11.6 Å². The van der Waals surface area contributed by atoms with Gasteiger partial charge in [0.25, 0.3) is 0 Å². The Kier molecular flexibility index (Phi) is 4.02. The average Bonchev–Trinajstić information content (AvgIpc) is 2.41. The molecule has 0 spiro atoms. The van der Waals surface area contributed by atoms with Crippen LogP contribution in [0.15, 0.2) is 42.5 Å². The maximum atomic E-state index is 13.7. The Bertz CT molecular complexity index is 599. The molecule has 2 rings (SSSR count). The molecule has 98 valence electrons. The molecule has 5 heteroatoms. The van der Waals surface area contributed by atoms with Gasteiger partial charge in [-0.05, 0) is 35.9 Å². The van der Waals surface area contributed by atoms with Gasteiger partial charge < -0.3 is 10.5 Å². The fourth-order valence-corrected chi connectivity index (χ4v) is 1.69. The number of carbonyl (C=O) groups is 1. The summed E-state index contributed by atoms with van der Waals surface area (Å²) in [6, 6.07) is 10.8. The fraction of sp³-hybridized carbons (Fsp3) is 0.0714. The molecule has 19 heavy (non-hydrogen) atoms. The van der Waals surface area contributed by atoms with Crippen LogP contribution in [-0.4, -0.2) is 5.91 Å². The van der Waals surface area contributed by atoms with E-state index in [1.807, 2.05) is 0 Å². The van der Waals surface area contributed by atoms with Crippen LogP contribution in [0, 0.1) is 5.82 Å². The second-order valence-electron chi connectivity index (χ2n) is 3.89. The zero-order valence-corrected chi connectivity index (χ0v) is 10.7. The van der Waals surface area contributed by atoms with Crippen molar-refractivity contribution >= 4 is 17.5 Å². The largest absolute Gasteiger partial charge is 0.454 e. The SMILES string of the molecule is NC(=O)c1ccc(Oc2ccc(CCl)cc2)c(F)c1. The molecule has 0 heterocycles. The fourth-order valence-electron chi connectivity index (χ4n) is 1.51. The minimum absolute atomic E-state index is 0.0311. The first-order chi connectivity index (χ1) is 9.10. The lowest BCUT2D eigenvalue weighted by molar-refractivity contribution is 0.1000. The highest BCUT2D eigenvalue weighted by Gasteiger charge is 2.08. The molecule has 0 unspecified atom stereocenters. The topological polar surface area (TPSA) is 52.3 Å². The third kappa shape index (κ3) is 3.23. The van der Waals surface area contributed by atoms with Crippen molar-refractivity contribution in [1.29, 1.82) is 0 Å². The first-order valence-electron chi connectivity index (χ1n) is 5.52. The van der Waals surface area contributed by atoms with Crippen LogP contribution in [0.25, 0.3) is 0 Å². The Morgan fingerprint density at radius 1 is 1.21 bits per heavy atom. The standard InChI is InChI=1S/C14H11ClFNO2/c15-8-9-1-4-11(5-2-9)19-13-6-3-10(14(17)18)7-12(13)16/h1-7H,8H2,(H2,17,18). The van der Waals surface area contributed by atoms with E-state index < -0.39 is 11.7 Å². The van der Waals surface area contributed by atoms with Gasteiger partial charge in [0.2, 0.25) is 5.91 Å². The predicted octanol–water partition coefficient (Wildman–Crippen LogP) is 3.46. The summed E-state index contributed by atoms with van der Waals surface area (Å²) in [5.74, 6) is -0.403. The highest BCUT2D eigenvalue weighted by molar-refractivity contribution is 6.17. The van der Waals surface area contributed by atoms with E-state index in [2.05, 4.69) is 0 Å². The predicted molar refractivity (Wildman–Crippen MR) is 71.0 cm³/mol. The van der Waals surface area contributed by atoms with Crippen molar-refractivity contribution in [2.75, 3.05) is 0 Å². The molecular formula is C14H11ClFNO2. The van der Waals surface area contributed by atoms with Crippen molar-refractivity contribution in [2.45, 2.75) is 5.88 Å². The van der Waals surface area contributed by atoms with Gasteiger partial charge in [0.15, 0.2) is 11.6 Å². The van der Waals surface area contributed by atoms with Gasteiger partial charge in [-0.25, -0.2) is 4.39 Å². The van der Waals surface area contributed by atoms with E-state index in [1.54, 1.807) is 24.3 Å². The number of primary amides is 1. The molecule has 0 aliphatic heterocycles. The van der Waals surface area contributed by atoms with Crippen LogP contribution in [0.5, 0.6) is 11.5 Å². The Morgan fingerprint density at radius 3 is 2.42 bits per heavy atom. The summed E-state index contributed by atoms with van der Waals surface area (Å²) >= 11 is 5.67. The summed E-state index contributed by atoms with van der Waals surface area (Å²) in [6.45, 7) is 0. The number of hydrogen-bond acceptors (Lipinski definition) is 2. The highest BCUT2D eigenvalue weighted by Crippen LogP contribution is 2.25. The molecule has 0 atom stereocenters. The van der Waals surface area contributed by atoms with Crippen molar-refractivity contribution < 1.29 is 13.9 Å². The van der Waals surface area contributed by atoms with Gasteiger partial charge in [-0.3, -0.25) is 4.79 Å². The number of amides is 1. The number of benzene rings is 2. The van der Waals surface area contributed by atoms with Crippen molar-refractivity contribution in [3.8, 4) is 11.5 Å². The van der Waals surface area contributed by atoms with Crippen molar-refractivity contribution in [1.82, 2.24) is 0 Å².